The molecule has 0 saturated carbocycles. The van der Waals surface area contributed by atoms with Crippen molar-refractivity contribution in [2.75, 3.05) is 4.90 Å². The van der Waals surface area contributed by atoms with E-state index in [0.29, 0.717) is 0 Å². The summed E-state index contributed by atoms with van der Waals surface area (Å²) in [5.74, 6) is 0. The molecule has 0 fully saturated rings. The van der Waals surface area contributed by atoms with Crippen LogP contribution in [0.1, 0.15) is 63.8 Å². The van der Waals surface area contributed by atoms with Crippen LogP contribution in [0.25, 0.3) is 43.8 Å². The Kier molecular flexibility index (Phi) is 6.01. The number of anilines is 3. The van der Waals surface area contributed by atoms with Crippen molar-refractivity contribution in [2.24, 2.45) is 0 Å². The van der Waals surface area contributed by atoms with Gasteiger partial charge >= 0.3 is 0 Å². The Balaban J connectivity index is 1.41. The Hall–Kier alpha value is -5.14. The zero-order valence-electron chi connectivity index (χ0n) is 28.7. The third-order valence-electron chi connectivity index (χ3n) is 12.2. The van der Waals surface area contributed by atoms with Crippen LogP contribution in [0, 0.1) is 0 Å². The number of hydrogen-bond acceptors (Lipinski definition) is 1. The van der Waals surface area contributed by atoms with Gasteiger partial charge in [0.25, 0.3) is 0 Å². The van der Waals surface area contributed by atoms with E-state index in [4.69, 9.17) is 0 Å². The monoisotopic (exact) mass is 619 g/mol. The van der Waals surface area contributed by atoms with Crippen molar-refractivity contribution in [3.05, 3.63) is 162 Å². The molecule has 0 amide bonds. The van der Waals surface area contributed by atoms with Gasteiger partial charge in [-0.1, -0.05) is 151 Å². The standard InChI is InChI=1S/C47H41N/c1-45(2)39-22-14-12-20-34(39)36-27-25-32(28-41(36)45)48(31-17-8-7-9-18-31)42-29-38-35-21-13-15-23-40(35)46(3,4)47(5,6)44(38)43-33-19-11-10-16-30(33)24-26-37(42)43/h7-29H,1-6H3. The van der Waals surface area contributed by atoms with E-state index in [2.05, 4.69) is 186 Å². The smallest absolute Gasteiger partial charge is 0.0546 e. The SMILES string of the molecule is CC1(C)c2ccccc2-c2ccc(N(c3ccccc3)c3cc4c(c5c3ccc3ccccc35)C(C)(C)C(C)(C)c3ccccc3-4)cc21. The summed E-state index contributed by atoms with van der Waals surface area (Å²) in [6.07, 6.45) is 0. The fraction of sp³-hybridized carbons (Fsp3) is 0.191. The predicted octanol–water partition coefficient (Wildman–Crippen LogP) is 13.0. The van der Waals surface area contributed by atoms with Crippen LogP contribution in [0.2, 0.25) is 0 Å². The fourth-order valence-electron chi connectivity index (χ4n) is 8.97. The highest BCUT2D eigenvalue weighted by molar-refractivity contribution is 6.17. The minimum Gasteiger partial charge on any atom is -0.310 e. The number of benzene rings is 7. The molecule has 1 heteroatoms. The third kappa shape index (κ3) is 3.79. The molecule has 0 N–H and O–H groups in total. The Morgan fingerprint density at radius 3 is 1.81 bits per heavy atom. The highest BCUT2D eigenvalue weighted by atomic mass is 15.1. The molecule has 0 spiro atoms. The molecule has 0 saturated heterocycles. The van der Waals surface area contributed by atoms with Crippen LogP contribution in [0.5, 0.6) is 0 Å². The first kappa shape index (κ1) is 29.0. The van der Waals surface area contributed by atoms with Gasteiger partial charge in [0.2, 0.25) is 0 Å². The first-order valence-corrected chi connectivity index (χ1v) is 17.3. The molecule has 2 aliphatic carbocycles. The minimum atomic E-state index is -0.126. The van der Waals surface area contributed by atoms with E-state index < -0.39 is 0 Å². The minimum absolute atomic E-state index is 0.0678. The molecule has 0 unspecified atom stereocenters. The summed E-state index contributed by atoms with van der Waals surface area (Å²) in [5, 5.41) is 5.24. The maximum absolute atomic E-state index is 2.51. The normalized spacial score (nSPS) is 16.2. The van der Waals surface area contributed by atoms with Crippen molar-refractivity contribution in [1.29, 1.82) is 0 Å². The summed E-state index contributed by atoms with van der Waals surface area (Å²) >= 11 is 0. The van der Waals surface area contributed by atoms with Crippen LogP contribution < -0.4 is 4.90 Å². The van der Waals surface area contributed by atoms with Gasteiger partial charge in [0, 0.05) is 27.6 Å². The van der Waals surface area contributed by atoms with Gasteiger partial charge < -0.3 is 4.90 Å². The van der Waals surface area contributed by atoms with Crippen LogP contribution in [0.15, 0.2) is 140 Å². The van der Waals surface area contributed by atoms with Gasteiger partial charge in [0.15, 0.2) is 0 Å². The molecule has 7 aromatic carbocycles. The molecule has 1 nitrogen and oxygen atoms in total. The summed E-state index contributed by atoms with van der Waals surface area (Å²) in [6, 6.07) is 52.2. The Morgan fingerprint density at radius 2 is 1.04 bits per heavy atom. The molecule has 234 valence electrons. The average Bonchev–Trinajstić information content (AvgIpc) is 3.33. The van der Waals surface area contributed by atoms with Crippen molar-refractivity contribution >= 4 is 38.6 Å². The molecule has 0 heterocycles. The summed E-state index contributed by atoms with van der Waals surface area (Å²) < 4.78 is 0. The van der Waals surface area contributed by atoms with Gasteiger partial charge in [-0.3, -0.25) is 0 Å². The lowest BCUT2D eigenvalue weighted by atomic mass is 9.54. The molecule has 2 aliphatic rings. The van der Waals surface area contributed by atoms with E-state index in [-0.39, 0.29) is 16.2 Å². The Morgan fingerprint density at radius 1 is 0.417 bits per heavy atom. The second-order valence-corrected chi connectivity index (χ2v) is 15.4. The van der Waals surface area contributed by atoms with Crippen LogP contribution in [0.3, 0.4) is 0 Å². The van der Waals surface area contributed by atoms with E-state index in [1.807, 2.05) is 0 Å². The van der Waals surface area contributed by atoms with Gasteiger partial charge in [0.05, 0.1) is 5.69 Å². The lowest BCUT2D eigenvalue weighted by Gasteiger charge is -2.49. The van der Waals surface area contributed by atoms with Crippen molar-refractivity contribution in [3.63, 3.8) is 0 Å². The molecule has 7 aromatic rings. The second-order valence-electron chi connectivity index (χ2n) is 15.4. The Bertz CT molecular complexity index is 2430. The molecule has 0 radical (unpaired) electrons. The van der Waals surface area contributed by atoms with E-state index in [1.54, 1.807) is 0 Å². The predicted molar refractivity (Wildman–Crippen MR) is 205 cm³/mol. The van der Waals surface area contributed by atoms with E-state index in [9.17, 15) is 0 Å². The molecular formula is C47H41N. The van der Waals surface area contributed by atoms with Gasteiger partial charge in [-0.05, 0) is 96.4 Å². The number of nitrogens with zero attached hydrogens (tertiary/aromatic N) is 1. The lowest BCUT2D eigenvalue weighted by Crippen LogP contribution is -2.43. The fourth-order valence-corrected chi connectivity index (χ4v) is 8.97. The van der Waals surface area contributed by atoms with Gasteiger partial charge in [-0.25, -0.2) is 0 Å². The lowest BCUT2D eigenvalue weighted by molar-refractivity contribution is 0.301. The van der Waals surface area contributed by atoms with Gasteiger partial charge in [-0.2, -0.15) is 0 Å². The number of hydrogen-bond donors (Lipinski definition) is 0. The summed E-state index contributed by atoms with van der Waals surface area (Å²) in [7, 11) is 0. The van der Waals surface area contributed by atoms with Gasteiger partial charge in [0.1, 0.15) is 0 Å². The highest BCUT2D eigenvalue weighted by Gasteiger charge is 2.47. The number of rotatable bonds is 3. The van der Waals surface area contributed by atoms with Crippen LogP contribution in [-0.2, 0) is 16.2 Å². The second kappa shape index (κ2) is 9.94. The zero-order chi connectivity index (χ0) is 33.0. The molecule has 0 bridgehead atoms. The topological polar surface area (TPSA) is 3.24 Å². The molecule has 0 aromatic heterocycles. The largest absolute Gasteiger partial charge is 0.310 e. The zero-order valence-corrected chi connectivity index (χ0v) is 28.7. The van der Waals surface area contributed by atoms with Crippen molar-refractivity contribution < 1.29 is 0 Å². The van der Waals surface area contributed by atoms with Crippen LogP contribution in [0.4, 0.5) is 17.1 Å². The van der Waals surface area contributed by atoms with Crippen LogP contribution >= 0.6 is 0 Å². The van der Waals surface area contributed by atoms with Gasteiger partial charge in [-0.15, -0.1) is 0 Å². The molecule has 0 aliphatic heterocycles. The first-order chi connectivity index (χ1) is 23.1. The van der Waals surface area contributed by atoms with Crippen molar-refractivity contribution in [1.82, 2.24) is 0 Å². The van der Waals surface area contributed by atoms with Crippen LogP contribution in [-0.4, -0.2) is 0 Å². The number of para-hydroxylation sites is 1. The number of fused-ring (bicyclic) bond motifs is 10. The van der Waals surface area contributed by atoms with E-state index in [1.165, 1.54) is 77.4 Å². The molecule has 0 atom stereocenters. The highest BCUT2D eigenvalue weighted by Crippen LogP contribution is 2.59. The summed E-state index contributed by atoms with van der Waals surface area (Å²) in [6.45, 7) is 14.5. The molecule has 9 rings (SSSR count). The van der Waals surface area contributed by atoms with Crippen molar-refractivity contribution in [2.45, 2.75) is 57.8 Å². The van der Waals surface area contributed by atoms with Crippen molar-refractivity contribution in [3.8, 4) is 22.3 Å². The third-order valence-corrected chi connectivity index (χ3v) is 12.2. The molecular weight excluding hydrogens is 579 g/mol. The average molecular weight is 620 g/mol. The summed E-state index contributed by atoms with van der Waals surface area (Å²) in [5.41, 5.74) is 14.3. The first-order valence-electron chi connectivity index (χ1n) is 17.3. The Labute approximate surface area is 284 Å². The quantitative estimate of drug-likeness (QED) is 0.178. The van der Waals surface area contributed by atoms with E-state index >= 15 is 0 Å². The molecule has 48 heavy (non-hydrogen) atoms. The maximum Gasteiger partial charge on any atom is 0.0546 e. The maximum atomic E-state index is 2.51. The van der Waals surface area contributed by atoms with E-state index in [0.717, 1.165) is 5.69 Å². The summed E-state index contributed by atoms with van der Waals surface area (Å²) in [4.78, 5) is 2.51.